The SMILES string of the molecule is COc1cc2c(cc1OC)C(=O)[C@H](CC1CC[NH2+]CC1)C2. The van der Waals surface area contributed by atoms with Crippen LogP contribution in [0, 0.1) is 11.8 Å². The Morgan fingerprint density at radius 3 is 2.48 bits per heavy atom. The van der Waals surface area contributed by atoms with Gasteiger partial charge in [-0.05, 0) is 49.3 Å². The summed E-state index contributed by atoms with van der Waals surface area (Å²) >= 11 is 0. The van der Waals surface area contributed by atoms with Crippen LogP contribution in [0.1, 0.15) is 35.2 Å². The molecule has 1 aliphatic heterocycles. The number of rotatable bonds is 4. The van der Waals surface area contributed by atoms with Crippen molar-refractivity contribution in [1.29, 1.82) is 0 Å². The summed E-state index contributed by atoms with van der Waals surface area (Å²) in [7, 11) is 3.25. The summed E-state index contributed by atoms with van der Waals surface area (Å²) < 4.78 is 10.7. The van der Waals surface area contributed by atoms with Gasteiger partial charge in [-0.1, -0.05) is 0 Å². The number of carbonyl (C=O) groups is 1. The van der Waals surface area contributed by atoms with E-state index in [0.29, 0.717) is 17.5 Å². The monoisotopic (exact) mass is 290 g/mol. The lowest BCUT2D eigenvalue weighted by Crippen LogP contribution is -2.86. The summed E-state index contributed by atoms with van der Waals surface area (Å²) in [6, 6.07) is 3.83. The van der Waals surface area contributed by atoms with E-state index in [-0.39, 0.29) is 5.92 Å². The van der Waals surface area contributed by atoms with Gasteiger partial charge < -0.3 is 14.8 Å². The van der Waals surface area contributed by atoms with Crippen LogP contribution in [0.3, 0.4) is 0 Å². The number of Topliss-reactive ketones (excluding diaryl/α,β-unsaturated/α-hetero) is 1. The summed E-state index contributed by atoms with van der Waals surface area (Å²) in [6.45, 7) is 2.42. The molecule has 2 N–H and O–H groups in total. The average Bonchev–Trinajstić information content (AvgIpc) is 2.82. The molecular formula is C17H24NO3+. The van der Waals surface area contributed by atoms with Crippen molar-refractivity contribution in [2.45, 2.75) is 25.7 Å². The number of piperidine rings is 1. The van der Waals surface area contributed by atoms with Crippen LogP contribution >= 0.6 is 0 Å². The van der Waals surface area contributed by atoms with Crippen molar-refractivity contribution in [2.24, 2.45) is 11.8 Å². The van der Waals surface area contributed by atoms with Gasteiger partial charge in [0, 0.05) is 11.5 Å². The predicted molar refractivity (Wildman–Crippen MR) is 80.1 cm³/mol. The van der Waals surface area contributed by atoms with E-state index in [2.05, 4.69) is 5.32 Å². The normalized spacial score (nSPS) is 22.2. The molecular weight excluding hydrogens is 266 g/mol. The number of ketones is 1. The third kappa shape index (κ3) is 2.77. The molecule has 1 fully saturated rings. The van der Waals surface area contributed by atoms with Gasteiger partial charge in [-0.3, -0.25) is 4.79 Å². The zero-order valence-electron chi connectivity index (χ0n) is 12.9. The van der Waals surface area contributed by atoms with Crippen molar-refractivity contribution in [3.05, 3.63) is 23.3 Å². The van der Waals surface area contributed by atoms with E-state index in [9.17, 15) is 4.79 Å². The van der Waals surface area contributed by atoms with Crippen molar-refractivity contribution in [1.82, 2.24) is 0 Å². The van der Waals surface area contributed by atoms with Crippen LogP contribution in [0.4, 0.5) is 0 Å². The number of ether oxygens (including phenoxy) is 2. The summed E-state index contributed by atoms with van der Waals surface area (Å²) in [5.74, 6) is 2.52. The van der Waals surface area contributed by atoms with Crippen LogP contribution in [0.2, 0.25) is 0 Å². The number of hydrogen-bond acceptors (Lipinski definition) is 3. The van der Waals surface area contributed by atoms with Crippen molar-refractivity contribution < 1.29 is 19.6 Å². The second kappa shape index (κ2) is 6.06. The molecule has 0 saturated carbocycles. The zero-order chi connectivity index (χ0) is 14.8. The van der Waals surface area contributed by atoms with E-state index < -0.39 is 0 Å². The highest BCUT2D eigenvalue weighted by Gasteiger charge is 2.34. The van der Waals surface area contributed by atoms with Gasteiger partial charge in [-0.2, -0.15) is 0 Å². The van der Waals surface area contributed by atoms with Gasteiger partial charge >= 0.3 is 0 Å². The number of fused-ring (bicyclic) bond motifs is 1. The fourth-order valence-electron chi connectivity index (χ4n) is 3.72. The molecule has 0 amide bonds. The molecule has 3 rings (SSSR count). The minimum Gasteiger partial charge on any atom is -0.493 e. The van der Waals surface area contributed by atoms with Crippen molar-refractivity contribution in [3.8, 4) is 11.5 Å². The minimum absolute atomic E-state index is 0.153. The van der Waals surface area contributed by atoms with E-state index in [1.165, 1.54) is 25.9 Å². The highest BCUT2D eigenvalue weighted by molar-refractivity contribution is 6.02. The first-order valence-corrected chi connectivity index (χ1v) is 7.83. The van der Waals surface area contributed by atoms with Gasteiger partial charge in [0.05, 0.1) is 27.3 Å². The average molecular weight is 290 g/mol. The molecule has 0 spiro atoms. The maximum atomic E-state index is 12.6. The third-order valence-corrected chi connectivity index (χ3v) is 4.89. The largest absolute Gasteiger partial charge is 0.493 e. The zero-order valence-corrected chi connectivity index (χ0v) is 12.9. The van der Waals surface area contributed by atoms with Gasteiger partial charge in [-0.25, -0.2) is 0 Å². The first-order chi connectivity index (χ1) is 10.2. The van der Waals surface area contributed by atoms with Gasteiger partial charge in [-0.15, -0.1) is 0 Å². The molecule has 1 heterocycles. The minimum atomic E-state index is 0.153. The molecule has 2 aliphatic rings. The Labute approximate surface area is 125 Å². The Balaban J connectivity index is 1.78. The number of benzene rings is 1. The highest BCUT2D eigenvalue weighted by Crippen LogP contribution is 2.39. The number of hydrogen-bond donors (Lipinski definition) is 1. The van der Waals surface area contributed by atoms with Crippen LogP contribution < -0.4 is 14.8 Å². The third-order valence-electron chi connectivity index (χ3n) is 4.89. The van der Waals surface area contributed by atoms with E-state index in [0.717, 1.165) is 29.7 Å². The summed E-state index contributed by atoms with van der Waals surface area (Å²) in [5, 5.41) is 2.37. The van der Waals surface area contributed by atoms with E-state index in [1.54, 1.807) is 14.2 Å². The molecule has 0 unspecified atom stereocenters. The van der Waals surface area contributed by atoms with Crippen LogP contribution in [-0.4, -0.2) is 33.1 Å². The van der Waals surface area contributed by atoms with E-state index in [4.69, 9.17) is 9.47 Å². The van der Waals surface area contributed by atoms with Gasteiger partial charge in [0.25, 0.3) is 0 Å². The summed E-state index contributed by atoms with van der Waals surface area (Å²) in [4.78, 5) is 12.6. The quantitative estimate of drug-likeness (QED) is 0.912. The van der Waals surface area contributed by atoms with Gasteiger partial charge in [0.15, 0.2) is 17.3 Å². The van der Waals surface area contributed by atoms with Crippen LogP contribution in [0.25, 0.3) is 0 Å². The van der Waals surface area contributed by atoms with Gasteiger partial charge in [0.1, 0.15) is 0 Å². The lowest BCUT2D eigenvalue weighted by Gasteiger charge is -2.22. The molecule has 4 nitrogen and oxygen atoms in total. The molecule has 1 saturated heterocycles. The van der Waals surface area contributed by atoms with Crippen molar-refractivity contribution in [3.63, 3.8) is 0 Å². The summed E-state index contributed by atoms with van der Waals surface area (Å²) in [6.07, 6.45) is 4.38. The molecule has 21 heavy (non-hydrogen) atoms. The number of carbonyl (C=O) groups excluding carboxylic acids is 1. The Bertz CT molecular complexity index is 535. The van der Waals surface area contributed by atoms with Crippen molar-refractivity contribution in [2.75, 3.05) is 27.3 Å². The maximum Gasteiger partial charge on any atom is 0.166 e. The van der Waals surface area contributed by atoms with E-state index >= 15 is 0 Å². The maximum absolute atomic E-state index is 12.6. The Morgan fingerprint density at radius 2 is 1.81 bits per heavy atom. The van der Waals surface area contributed by atoms with Crippen LogP contribution in [0.5, 0.6) is 11.5 Å². The standard InChI is InChI=1S/C17H23NO3/c1-20-15-9-12-8-13(7-11-3-5-18-6-4-11)17(19)14(12)10-16(15)21-2/h9-11,13,18H,3-8H2,1-2H3/p+1/t13-/m1/s1. The lowest BCUT2D eigenvalue weighted by molar-refractivity contribution is -0.664. The lowest BCUT2D eigenvalue weighted by atomic mass is 9.86. The van der Waals surface area contributed by atoms with Crippen molar-refractivity contribution >= 4 is 5.78 Å². The Morgan fingerprint density at radius 1 is 1.14 bits per heavy atom. The molecule has 1 aromatic rings. The Hall–Kier alpha value is -1.55. The molecule has 1 atom stereocenters. The molecule has 4 heteroatoms. The predicted octanol–water partition coefficient (Wildman–Crippen LogP) is 1.42. The van der Waals surface area contributed by atoms with Crippen LogP contribution in [0.15, 0.2) is 12.1 Å². The number of quaternary nitrogens is 1. The number of methoxy groups -OCH3 is 2. The highest BCUT2D eigenvalue weighted by atomic mass is 16.5. The van der Waals surface area contributed by atoms with Crippen LogP contribution in [-0.2, 0) is 6.42 Å². The molecule has 0 aromatic heterocycles. The van der Waals surface area contributed by atoms with Gasteiger partial charge in [0.2, 0.25) is 0 Å². The molecule has 114 valence electrons. The first kappa shape index (κ1) is 14.4. The Kier molecular flexibility index (Phi) is 4.15. The fourth-order valence-corrected chi connectivity index (χ4v) is 3.72. The molecule has 1 aromatic carbocycles. The molecule has 0 bridgehead atoms. The number of nitrogens with two attached hydrogens (primary N) is 1. The fraction of sp³-hybridized carbons (Fsp3) is 0.588. The summed E-state index contributed by atoms with van der Waals surface area (Å²) in [5.41, 5.74) is 1.95. The molecule has 1 aliphatic carbocycles. The second-order valence-corrected chi connectivity index (χ2v) is 6.17. The first-order valence-electron chi connectivity index (χ1n) is 7.83. The topological polar surface area (TPSA) is 52.1 Å². The second-order valence-electron chi connectivity index (χ2n) is 6.17. The van der Waals surface area contributed by atoms with E-state index in [1.807, 2.05) is 12.1 Å². The molecule has 0 radical (unpaired) electrons. The smallest absolute Gasteiger partial charge is 0.166 e.